The van der Waals surface area contributed by atoms with Crippen LogP contribution in [0.4, 0.5) is 16.6 Å². The third-order valence-corrected chi connectivity index (χ3v) is 19.4. The minimum atomic E-state index is -2.31. The number of anilines is 1. The van der Waals surface area contributed by atoms with Crippen LogP contribution in [0.25, 0.3) is 21.6 Å². The molecule has 1 aliphatic heterocycles. The maximum absolute atomic E-state index is 13.2. The maximum atomic E-state index is 13.2. The summed E-state index contributed by atoms with van der Waals surface area (Å²) in [6.45, 7) is 24.3. The Morgan fingerprint density at radius 3 is 2.02 bits per heavy atom. The van der Waals surface area contributed by atoms with Gasteiger partial charge in [0.2, 0.25) is 5.95 Å². The summed E-state index contributed by atoms with van der Waals surface area (Å²) in [5.74, 6) is -0.394. The Hall–Kier alpha value is -3.33. The highest BCUT2D eigenvalue weighted by Crippen LogP contribution is 2.43. The molecule has 1 amide bonds. The third-order valence-electron chi connectivity index (χ3n) is 10.1. The van der Waals surface area contributed by atoms with E-state index in [9.17, 15) is 15.1 Å². The number of esters is 1. The van der Waals surface area contributed by atoms with E-state index in [1.54, 1.807) is 46.1 Å². The SMILES string of the molecule is CC[Si](CC)(CC)O[C@@H]1[C@H](O[Si](CC)(CC)CC)[C@@H](CNCC[C@H](NC(=O)OC(C)(C)C)C(=O)OC(C)(C)C)O[C@H]1n1c(N=[N+]=[N-])nc2c(N)ncnc21. The lowest BCUT2D eigenvalue weighted by atomic mass is 10.1. The van der Waals surface area contributed by atoms with Gasteiger partial charge in [-0.3, -0.25) is 4.57 Å². The molecular formula is C35H64N10O7Si2. The fourth-order valence-corrected chi connectivity index (χ4v) is 12.4. The smallest absolute Gasteiger partial charge is 0.408 e. The number of fused-ring (bicyclic) bond motifs is 1. The minimum Gasteiger partial charge on any atom is -0.458 e. The molecule has 0 spiro atoms. The third kappa shape index (κ3) is 11.4. The first-order valence-electron chi connectivity index (χ1n) is 19.3. The molecule has 1 aliphatic rings. The van der Waals surface area contributed by atoms with Crippen LogP contribution in [-0.4, -0.2) is 96.9 Å². The fraction of sp³-hybridized carbons (Fsp3) is 0.800. The van der Waals surface area contributed by atoms with Crippen molar-refractivity contribution in [2.24, 2.45) is 5.11 Å². The number of hydrogen-bond acceptors (Lipinski definition) is 13. The van der Waals surface area contributed by atoms with Crippen LogP contribution >= 0.6 is 0 Å². The Balaban J connectivity index is 2.06. The second-order valence-electron chi connectivity index (χ2n) is 15.8. The van der Waals surface area contributed by atoms with E-state index in [-0.39, 0.29) is 23.7 Å². The molecule has 17 nitrogen and oxygen atoms in total. The number of alkyl carbamates (subject to hydrolysis) is 1. The van der Waals surface area contributed by atoms with Gasteiger partial charge in [0.15, 0.2) is 39.8 Å². The number of nitrogens with one attached hydrogen (secondary N) is 2. The van der Waals surface area contributed by atoms with Gasteiger partial charge in [0.1, 0.15) is 41.9 Å². The minimum absolute atomic E-state index is 0.0285. The van der Waals surface area contributed by atoms with Gasteiger partial charge in [-0.1, -0.05) is 41.5 Å². The van der Waals surface area contributed by atoms with Gasteiger partial charge < -0.3 is 39.4 Å². The van der Waals surface area contributed by atoms with E-state index >= 15 is 0 Å². The predicted octanol–water partition coefficient (Wildman–Crippen LogP) is 7.24. The van der Waals surface area contributed by atoms with Crippen molar-refractivity contribution in [1.82, 2.24) is 30.2 Å². The van der Waals surface area contributed by atoms with Crippen LogP contribution < -0.4 is 16.4 Å². The van der Waals surface area contributed by atoms with Gasteiger partial charge in [0.25, 0.3) is 0 Å². The molecule has 1 saturated heterocycles. The Labute approximate surface area is 322 Å². The van der Waals surface area contributed by atoms with Gasteiger partial charge in [0.05, 0.1) is 0 Å². The number of hydrogen-bond donors (Lipinski definition) is 3. The zero-order chi connectivity index (χ0) is 40.5. The zero-order valence-corrected chi connectivity index (χ0v) is 36.4. The number of nitrogens with zero attached hydrogens (tertiary/aromatic N) is 7. The number of rotatable bonds is 19. The molecule has 5 atom stereocenters. The van der Waals surface area contributed by atoms with Crippen molar-refractivity contribution < 1.29 is 32.7 Å². The van der Waals surface area contributed by atoms with Crippen molar-refractivity contribution in [1.29, 1.82) is 0 Å². The van der Waals surface area contributed by atoms with E-state index in [4.69, 9.17) is 28.8 Å². The fourth-order valence-electron chi connectivity index (χ4n) is 6.75. The topological polar surface area (TPSA) is 223 Å². The van der Waals surface area contributed by atoms with Crippen molar-refractivity contribution >= 4 is 51.6 Å². The van der Waals surface area contributed by atoms with Crippen LogP contribution in [0.15, 0.2) is 11.4 Å². The number of aromatic nitrogens is 4. The summed E-state index contributed by atoms with van der Waals surface area (Å²) < 4.78 is 34.3. The summed E-state index contributed by atoms with van der Waals surface area (Å²) in [4.78, 5) is 42.2. The molecule has 1 fully saturated rings. The van der Waals surface area contributed by atoms with E-state index in [1.807, 2.05) is 0 Å². The summed E-state index contributed by atoms with van der Waals surface area (Å²) in [7, 11) is -4.58. The standard InChI is InChI=1S/C35H64N10O7Si2/c1-13-53(14-2,15-3)51-26-24(21-38-20-19-23(31(46)49-34(7,8)9)41-33(47)50-35(10,11)12)48-30(27(26)52-54(16-4,17-5)18-6)45-29-25(28(36)39-22-40-29)42-32(45)43-44-37/h22-24,26-27,30,38H,13-21H2,1-12H3,(H,41,47)(H2,36,39,40)/t23-,24+,26+,27+,30+/m0/s1. The summed E-state index contributed by atoms with van der Waals surface area (Å²) in [5, 5.41) is 10.1. The van der Waals surface area contributed by atoms with Gasteiger partial charge in [0, 0.05) is 11.5 Å². The predicted molar refractivity (Wildman–Crippen MR) is 213 cm³/mol. The molecule has 0 aliphatic carbocycles. The van der Waals surface area contributed by atoms with Crippen molar-refractivity contribution in [3.05, 3.63) is 16.8 Å². The van der Waals surface area contributed by atoms with Crippen molar-refractivity contribution in [2.45, 2.75) is 168 Å². The number of carbonyl (C=O) groups excluding carboxylic acids is 2. The summed E-state index contributed by atoms with van der Waals surface area (Å²) >= 11 is 0. The highest BCUT2D eigenvalue weighted by molar-refractivity contribution is 6.74. The van der Waals surface area contributed by atoms with Crippen LogP contribution in [0.1, 0.15) is 95.7 Å². The lowest BCUT2D eigenvalue weighted by Gasteiger charge is -2.39. The van der Waals surface area contributed by atoms with Crippen LogP contribution in [0.3, 0.4) is 0 Å². The second kappa shape index (κ2) is 19.0. The van der Waals surface area contributed by atoms with Crippen LogP contribution in [-0.2, 0) is 27.9 Å². The first kappa shape index (κ1) is 45.1. The van der Waals surface area contributed by atoms with Gasteiger partial charge in [-0.25, -0.2) is 24.5 Å². The number of nitrogens with two attached hydrogens (primary N) is 1. The van der Waals surface area contributed by atoms with E-state index in [2.05, 4.69) is 77.2 Å². The summed E-state index contributed by atoms with van der Waals surface area (Å²) in [6, 6.07) is 4.40. The number of carbonyl (C=O) groups is 2. The lowest BCUT2D eigenvalue weighted by Crippen LogP contribution is -2.52. The molecule has 4 N–H and O–H groups in total. The van der Waals surface area contributed by atoms with Gasteiger partial charge >= 0.3 is 12.1 Å². The van der Waals surface area contributed by atoms with Crippen molar-refractivity contribution in [3.8, 4) is 0 Å². The number of nitrogen functional groups attached to an aromatic ring is 1. The molecule has 0 radical (unpaired) electrons. The lowest BCUT2D eigenvalue weighted by molar-refractivity contribution is -0.157. The number of ether oxygens (including phenoxy) is 3. The monoisotopic (exact) mass is 792 g/mol. The molecule has 3 rings (SSSR count). The summed E-state index contributed by atoms with van der Waals surface area (Å²) in [5.41, 5.74) is 14.9. The average Bonchev–Trinajstić information content (AvgIpc) is 3.63. The number of amides is 1. The van der Waals surface area contributed by atoms with Crippen LogP contribution in [0, 0.1) is 0 Å². The van der Waals surface area contributed by atoms with E-state index in [0.29, 0.717) is 18.7 Å². The Bertz CT molecular complexity index is 1580. The maximum Gasteiger partial charge on any atom is 0.408 e. The van der Waals surface area contributed by atoms with Gasteiger partial charge in [-0.15, -0.1) is 0 Å². The van der Waals surface area contributed by atoms with Gasteiger partial charge in [-0.2, -0.15) is 0 Å². The molecule has 0 saturated carbocycles. The molecule has 0 bridgehead atoms. The molecular weight excluding hydrogens is 729 g/mol. The molecule has 304 valence electrons. The zero-order valence-electron chi connectivity index (χ0n) is 34.4. The molecule has 2 aromatic heterocycles. The molecule has 0 aromatic carbocycles. The number of azide groups is 1. The van der Waals surface area contributed by atoms with Crippen molar-refractivity contribution in [3.63, 3.8) is 0 Å². The first-order chi connectivity index (χ1) is 25.3. The van der Waals surface area contributed by atoms with E-state index < -0.39 is 70.5 Å². The Morgan fingerprint density at radius 2 is 1.50 bits per heavy atom. The number of imidazole rings is 1. The molecule has 19 heteroatoms. The molecule has 3 heterocycles. The molecule has 2 aromatic rings. The highest BCUT2D eigenvalue weighted by atomic mass is 28.4. The first-order valence-corrected chi connectivity index (χ1v) is 24.4. The molecule has 0 unspecified atom stereocenters. The molecule has 54 heavy (non-hydrogen) atoms. The normalized spacial score (nSPS) is 20.1. The quantitative estimate of drug-likeness (QED) is 0.0320. The second-order valence-corrected chi connectivity index (χ2v) is 25.3. The summed E-state index contributed by atoms with van der Waals surface area (Å²) in [6.07, 6.45) is -1.65. The average molecular weight is 793 g/mol. The van der Waals surface area contributed by atoms with Crippen LogP contribution in [0.5, 0.6) is 0 Å². The largest absolute Gasteiger partial charge is 0.458 e. The van der Waals surface area contributed by atoms with Crippen molar-refractivity contribution in [2.75, 3.05) is 18.8 Å². The van der Waals surface area contributed by atoms with Gasteiger partial charge in [-0.05, 0) is 101 Å². The Morgan fingerprint density at radius 1 is 0.944 bits per heavy atom. The van der Waals surface area contributed by atoms with E-state index in [0.717, 1.165) is 36.3 Å². The highest BCUT2D eigenvalue weighted by Gasteiger charge is 2.53. The van der Waals surface area contributed by atoms with E-state index in [1.165, 1.54) is 6.33 Å². The Kier molecular flexibility index (Phi) is 15.9. The van der Waals surface area contributed by atoms with Crippen LogP contribution in [0.2, 0.25) is 36.3 Å².